The number of aromatic nitrogens is 2. The Morgan fingerprint density at radius 3 is 2.35 bits per heavy atom. The lowest BCUT2D eigenvalue weighted by Crippen LogP contribution is -2.13. The molecule has 0 bridgehead atoms. The van der Waals surface area contributed by atoms with Crippen LogP contribution in [0, 0.1) is 6.92 Å². The molecule has 0 amide bonds. The zero-order valence-corrected chi connectivity index (χ0v) is 24.0. The van der Waals surface area contributed by atoms with Crippen LogP contribution in [0.2, 0.25) is 0 Å². The molecule has 0 fully saturated rings. The third-order valence-electron chi connectivity index (χ3n) is 5.95. The molecule has 37 heavy (non-hydrogen) atoms. The van der Waals surface area contributed by atoms with Crippen molar-refractivity contribution >= 4 is 69.8 Å². The number of methoxy groups -OCH3 is 1. The van der Waals surface area contributed by atoms with Gasteiger partial charge < -0.3 is 9.47 Å². The molecule has 0 aliphatic heterocycles. The Labute approximate surface area is 231 Å². The van der Waals surface area contributed by atoms with Crippen LogP contribution >= 0.6 is 31.9 Å². The second-order valence-corrected chi connectivity index (χ2v) is 13.0. The Bertz CT molecular complexity index is 1740. The van der Waals surface area contributed by atoms with Crippen molar-refractivity contribution in [2.75, 3.05) is 7.11 Å². The molecule has 5 aromatic rings. The molecule has 9 heteroatoms. The monoisotopic (exact) mass is 640 g/mol. The van der Waals surface area contributed by atoms with Gasteiger partial charge in [0.1, 0.15) is 11.5 Å². The van der Waals surface area contributed by atoms with Crippen molar-refractivity contribution in [1.29, 1.82) is 0 Å². The summed E-state index contributed by atoms with van der Waals surface area (Å²) < 4.78 is 42.0. The predicted molar refractivity (Wildman–Crippen MR) is 154 cm³/mol. The van der Waals surface area contributed by atoms with E-state index in [0.29, 0.717) is 42.4 Å². The summed E-state index contributed by atoms with van der Waals surface area (Å²) in [6.07, 6.45) is 3.40. The average molecular weight is 642 g/mol. The maximum atomic E-state index is 14.1. The van der Waals surface area contributed by atoms with Gasteiger partial charge in [-0.3, -0.25) is 4.98 Å². The number of hydrogen-bond acceptors (Lipinski definition) is 5. The minimum atomic E-state index is -3.98. The van der Waals surface area contributed by atoms with Gasteiger partial charge in [-0.15, -0.1) is 0 Å². The minimum Gasteiger partial charge on any atom is -0.457 e. The van der Waals surface area contributed by atoms with Crippen molar-refractivity contribution in [2.45, 2.75) is 18.4 Å². The molecule has 0 atom stereocenters. The second-order valence-electron chi connectivity index (χ2n) is 8.40. The SMILES string of the molecule is COCc1c(C=C(Br)Br)ncc2c1c1c(Oc3ccccc3)cccc1n2S(=O)(=O)c1ccc(C)cc1. The zero-order valence-electron chi connectivity index (χ0n) is 20.0. The molecule has 3 aromatic carbocycles. The normalized spacial score (nSPS) is 11.7. The van der Waals surface area contributed by atoms with Crippen LogP contribution in [0.25, 0.3) is 27.9 Å². The van der Waals surface area contributed by atoms with Gasteiger partial charge in [0.2, 0.25) is 0 Å². The fourth-order valence-electron chi connectivity index (χ4n) is 4.35. The van der Waals surface area contributed by atoms with E-state index >= 15 is 0 Å². The van der Waals surface area contributed by atoms with Gasteiger partial charge in [-0.2, -0.15) is 0 Å². The summed E-state index contributed by atoms with van der Waals surface area (Å²) in [5.74, 6) is 1.17. The summed E-state index contributed by atoms with van der Waals surface area (Å²) in [7, 11) is -2.38. The van der Waals surface area contributed by atoms with Crippen LogP contribution in [0.4, 0.5) is 0 Å². The second kappa shape index (κ2) is 10.4. The van der Waals surface area contributed by atoms with Gasteiger partial charge in [-0.05, 0) is 81.3 Å². The Balaban J connectivity index is 1.92. The third kappa shape index (κ3) is 4.84. The highest BCUT2D eigenvalue weighted by Gasteiger charge is 2.27. The van der Waals surface area contributed by atoms with Gasteiger partial charge in [0.05, 0.1) is 43.2 Å². The highest BCUT2D eigenvalue weighted by atomic mass is 79.9. The largest absolute Gasteiger partial charge is 0.457 e. The van der Waals surface area contributed by atoms with E-state index in [2.05, 4.69) is 36.8 Å². The molecule has 0 aliphatic carbocycles. The molecule has 6 nitrogen and oxygen atoms in total. The number of aryl methyl sites for hydroxylation is 1. The number of para-hydroxylation sites is 1. The molecule has 0 saturated carbocycles. The highest BCUT2D eigenvalue weighted by Crippen LogP contribution is 2.42. The first-order valence-corrected chi connectivity index (χ1v) is 14.4. The van der Waals surface area contributed by atoms with Gasteiger partial charge in [-0.1, -0.05) is 42.0 Å². The van der Waals surface area contributed by atoms with Crippen molar-refractivity contribution in [3.63, 3.8) is 0 Å². The number of pyridine rings is 1. The summed E-state index contributed by atoms with van der Waals surface area (Å²) in [6, 6.07) is 21.6. The van der Waals surface area contributed by atoms with E-state index in [1.807, 2.05) is 49.4 Å². The number of rotatable bonds is 7. The van der Waals surface area contributed by atoms with Crippen LogP contribution < -0.4 is 4.74 Å². The van der Waals surface area contributed by atoms with Crippen LogP contribution in [-0.2, 0) is 21.4 Å². The van der Waals surface area contributed by atoms with Crippen LogP contribution in [-0.4, -0.2) is 24.5 Å². The van der Waals surface area contributed by atoms with E-state index < -0.39 is 10.0 Å². The standard InChI is InChI=1S/C28H22Br2N2O4S/c1-18-11-13-20(14-12-18)37(33,34)32-23-9-6-10-25(36-19-7-4-3-5-8-19)28(23)27-21(17-35-2)22(15-26(29)30)31-16-24(27)32/h3-16H,17H2,1-2H3. The predicted octanol–water partition coefficient (Wildman–Crippen LogP) is 7.76. The van der Waals surface area contributed by atoms with Crippen LogP contribution in [0.15, 0.2) is 87.3 Å². The fourth-order valence-corrected chi connectivity index (χ4v) is 6.28. The molecule has 0 aliphatic rings. The number of nitrogens with zero attached hydrogens (tertiary/aromatic N) is 2. The lowest BCUT2D eigenvalue weighted by molar-refractivity contribution is 0.185. The minimum absolute atomic E-state index is 0.187. The number of hydrogen-bond donors (Lipinski definition) is 0. The van der Waals surface area contributed by atoms with Gasteiger partial charge >= 0.3 is 0 Å². The van der Waals surface area contributed by atoms with E-state index in [9.17, 15) is 8.42 Å². The first kappa shape index (κ1) is 25.7. The summed E-state index contributed by atoms with van der Waals surface area (Å²) in [5, 5.41) is 1.36. The van der Waals surface area contributed by atoms with Crippen LogP contribution in [0.5, 0.6) is 11.5 Å². The molecule has 2 heterocycles. The zero-order chi connectivity index (χ0) is 26.2. The Hall–Kier alpha value is -2.98. The van der Waals surface area contributed by atoms with Crippen LogP contribution in [0.3, 0.4) is 0 Å². The van der Waals surface area contributed by atoms with E-state index in [0.717, 1.165) is 11.1 Å². The Morgan fingerprint density at radius 1 is 0.946 bits per heavy atom. The lowest BCUT2D eigenvalue weighted by Gasteiger charge is -2.11. The first-order valence-electron chi connectivity index (χ1n) is 11.3. The number of ether oxygens (including phenoxy) is 2. The maximum absolute atomic E-state index is 14.1. The molecule has 188 valence electrons. The molecule has 0 radical (unpaired) electrons. The van der Waals surface area contributed by atoms with E-state index in [-0.39, 0.29) is 11.5 Å². The van der Waals surface area contributed by atoms with Gasteiger partial charge in [-0.25, -0.2) is 12.4 Å². The van der Waals surface area contributed by atoms with E-state index in [1.54, 1.807) is 49.7 Å². The van der Waals surface area contributed by atoms with E-state index in [4.69, 9.17) is 9.47 Å². The maximum Gasteiger partial charge on any atom is 0.268 e. The molecule has 0 unspecified atom stereocenters. The molecule has 0 N–H and O–H groups in total. The van der Waals surface area contributed by atoms with Gasteiger partial charge in [0.25, 0.3) is 10.0 Å². The molecule has 5 rings (SSSR count). The van der Waals surface area contributed by atoms with Crippen LogP contribution in [0.1, 0.15) is 16.8 Å². The van der Waals surface area contributed by atoms with Crippen molar-refractivity contribution in [2.24, 2.45) is 0 Å². The molecule has 2 aromatic heterocycles. The number of fused-ring (bicyclic) bond motifs is 3. The van der Waals surface area contributed by atoms with Crippen molar-refractivity contribution in [3.8, 4) is 11.5 Å². The van der Waals surface area contributed by atoms with Gasteiger partial charge in [0, 0.05) is 18.1 Å². The van der Waals surface area contributed by atoms with Crippen molar-refractivity contribution in [1.82, 2.24) is 8.96 Å². The summed E-state index contributed by atoms with van der Waals surface area (Å²) >= 11 is 6.83. The van der Waals surface area contributed by atoms with Crippen molar-refractivity contribution < 1.29 is 17.9 Å². The van der Waals surface area contributed by atoms with E-state index in [1.165, 1.54) is 3.97 Å². The fraction of sp³-hybridized carbons (Fsp3) is 0.107. The summed E-state index contributed by atoms with van der Waals surface area (Å²) in [4.78, 5) is 4.80. The summed E-state index contributed by atoms with van der Waals surface area (Å²) in [5.41, 5.74) is 3.28. The number of halogens is 2. The summed E-state index contributed by atoms with van der Waals surface area (Å²) in [6.45, 7) is 2.13. The third-order valence-corrected chi connectivity index (χ3v) is 8.15. The molecule has 0 spiro atoms. The Morgan fingerprint density at radius 2 is 1.68 bits per heavy atom. The Kier molecular flexibility index (Phi) is 7.22. The number of benzene rings is 3. The molecular formula is C28H22Br2N2O4S. The quantitative estimate of drug-likeness (QED) is 0.182. The van der Waals surface area contributed by atoms with Gasteiger partial charge in [0.15, 0.2) is 0 Å². The smallest absolute Gasteiger partial charge is 0.268 e. The first-order chi connectivity index (χ1) is 17.8. The molecular weight excluding hydrogens is 620 g/mol. The molecule has 0 saturated heterocycles. The highest BCUT2D eigenvalue weighted by molar-refractivity contribution is 9.28. The van der Waals surface area contributed by atoms with Crippen molar-refractivity contribution in [3.05, 3.63) is 99.2 Å². The lowest BCUT2D eigenvalue weighted by atomic mass is 10.1. The topological polar surface area (TPSA) is 70.4 Å². The average Bonchev–Trinajstić information content (AvgIpc) is 3.22.